The van der Waals surface area contributed by atoms with E-state index in [1.807, 2.05) is 12.1 Å². The summed E-state index contributed by atoms with van der Waals surface area (Å²) in [5.74, 6) is 0.745. The van der Waals surface area contributed by atoms with Crippen LogP contribution < -0.4 is 15.0 Å². The lowest BCUT2D eigenvalue weighted by Gasteiger charge is -1.99. The largest absolute Gasteiger partial charge is 0.497 e. The summed E-state index contributed by atoms with van der Waals surface area (Å²) in [5, 5.41) is 2.37. The Morgan fingerprint density at radius 3 is 2.71 bits per heavy atom. The zero-order valence-electron chi connectivity index (χ0n) is 9.17. The Kier molecular flexibility index (Phi) is 3.04. The zero-order chi connectivity index (χ0) is 12.3. The van der Waals surface area contributed by atoms with Crippen LogP contribution in [0, 0.1) is 0 Å². The normalized spacial score (nSPS) is 10.2. The molecule has 0 unspecified atom stereocenters. The highest BCUT2D eigenvalue weighted by atomic mass is 16.5. The fraction of sp³-hybridized carbons (Fsp3) is 0.182. The average molecular weight is 235 g/mol. The first-order valence-corrected chi connectivity index (χ1v) is 4.94. The number of nitrogens with one attached hydrogen (secondary N) is 1. The summed E-state index contributed by atoms with van der Waals surface area (Å²) in [6.07, 6.45) is 0.464. The van der Waals surface area contributed by atoms with Crippen molar-refractivity contribution in [2.24, 2.45) is 0 Å². The Labute approximate surface area is 96.4 Å². The molecule has 6 heteroatoms. The maximum atomic E-state index is 11.1. The predicted molar refractivity (Wildman–Crippen MR) is 57.0 cm³/mol. The molecule has 1 N–H and O–H groups in total. The fourth-order valence-corrected chi connectivity index (χ4v) is 1.45. The second-order valence-corrected chi connectivity index (χ2v) is 3.42. The Morgan fingerprint density at radius 1 is 1.41 bits per heavy atom. The van der Waals surface area contributed by atoms with E-state index in [-0.39, 0.29) is 5.69 Å². The van der Waals surface area contributed by atoms with Crippen LogP contribution in [0.25, 0.3) is 0 Å². The van der Waals surface area contributed by atoms with Crippen LogP contribution >= 0.6 is 0 Å². The molecule has 0 saturated heterocycles. The number of rotatable bonds is 4. The number of H-pyrrole nitrogens is 1. The van der Waals surface area contributed by atoms with Crippen LogP contribution in [0.5, 0.6) is 5.75 Å². The van der Waals surface area contributed by atoms with E-state index in [1.165, 1.54) is 4.68 Å². The Morgan fingerprint density at radius 2 is 2.12 bits per heavy atom. The van der Waals surface area contributed by atoms with Crippen LogP contribution in [0.2, 0.25) is 0 Å². The molecule has 2 rings (SSSR count). The van der Waals surface area contributed by atoms with Crippen molar-refractivity contribution in [1.82, 2.24) is 5.27 Å². The molecule has 1 aromatic carbocycles. The lowest BCUT2D eigenvalue weighted by molar-refractivity contribution is -0.755. The lowest BCUT2D eigenvalue weighted by Crippen LogP contribution is -2.41. The van der Waals surface area contributed by atoms with Crippen molar-refractivity contribution in [1.29, 1.82) is 0 Å². The highest BCUT2D eigenvalue weighted by Crippen LogP contribution is 2.10. The maximum absolute atomic E-state index is 11.1. The Balaban J connectivity index is 2.25. The SMILES string of the molecule is COc1ccc(C[n+]2[nH]oc(=O)c2C=O)cc1. The van der Waals surface area contributed by atoms with Crippen molar-refractivity contribution >= 4 is 6.29 Å². The molecule has 0 spiro atoms. The lowest BCUT2D eigenvalue weighted by atomic mass is 10.2. The average Bonchev–Trinajstić information content (AvgIpc) is 2.71. The van der Waals surface area contributed by atoms with Crippen molar-refractivity contribution in [3.8, 4) is 5.75 Å². The zero-order valence-corrected chi connectivity index (χ0v) is 9.17. The van der Waals surface area contributed by atoms with Gasteiger partial charge >= 0.3 is 11.3 Å². The van der Waals surface area contributed by atoms with Crippen LogP contribution in [0.15, 0.2) is 33.6 Å². The molecule has 0 amide bonds. The van der Waals surface area contributed by atoms with Crippen LogP contribution in [0.4, 0.5) is 0 Å². The van der Waals surface area contributed by atoms with Gasteiger partial charge in [0.15, 0.2) is 0 Å². The summed E-state index contributed by atoms with van der Waals surface area (Å²) in [6.45, 7) is 0.351. The number of hydrogen-bond donors (Lipinski definition) is 1. The van der Waals surface area contributed by atoms with Gasteiger partial charge in [0.25, 0.3) is 0 Å². The van der Waals surface area contributed by atoms with E-state index < -0.39 is 5.63 Å². The van der Waals surface area contributed by atoms with Crippen LogP contribution in [-0.4, -0.2) is 18.7 Å². The van der Waals surface area contributed by atoms with Gasteiger partial charge in [-0.25, -0.2) is 4.79 Å². The van der Waals surface area contributed by atoms with Crippen molar-refractivity contribution in [2.45, 2.75) is 6.54 Å². The van der Waals surface area contributed by atoms with E-state index in [1.54, 1.807) is 19.2 Å². The minimum absolute atomic E-state index is 0.0409. The standard InChI is InChI=1S/C11H10N2O4/c1-16-9-4-2-8(3-5-9)6-13-10(7-14)11(15)17-12-13/h2-5,7H,6H2,1H3/p+1. The highest BCUT2D eigenvalue weighted by molar-refractivity contribution is 5.68. The topological polar surface area (TPSA) is 76.2 Å². The van der Waals surface area contributed by atoms with E-state index in [9.17, 15) is 9.59 Å². The van der Waals surface area contributed by atoms with Gasteiger partial charge in [-0.05, 0) is 29.5 Å². The summed E-state index contributed by atoms with van der Waals surface area (Å²) in [5.41, 5.74) is 0.199. The Hall–Kier alpha value is -2.37. The van der Waals surface area contributed by atoms with Crippen LogP contribution in [0.1, 0.15) is 16.1 Å². The van der Waals surface area contributed by atoms with Gasteiger partial charge in [0.05, 0.1) is 7.11 Å². The molecule has 0 fully saturated rings. The summed E-state index contributed by atoms with van der Waals surface area (Å²) in [7, 11) is 1.59. The summed E-state index contributed by atoms with van der Waals surface area (Å²) in [6, 6.07) is 7.28. The van der Waals surface area contributed by atoms with Gasteiger partial charge in [-0.2, -0.15) is 0 Å². The number of aldehydes is 1. The third-order valence-electron chi connectivity index (χ3n) is 2.36. The second kappa shape index (κ2) is 4.65. The third-order valence-corrected chi connectivity index (χ3v) is 2.36. The molecule has 0 aliphatic carbocycles. The van der Waals surface area contributed by atoms with Crippen molar-refractivity contribution < 1.29 is 18.7 Å². The first-order valence-electron chi connectivity index (χ1n) is 4.94. The molecule has 0 radical (unpaired) electrons. The van der Waals surface area contributed by atoms with Gasteiger partial charge < -0.3 is 4.74 Å². The van der Waals surface area contributed by atoms with Gasteiger partial charge in [0, 0.05) is 5.56 Å². The highest BCUT2D eigenvalue weighted by Gasteiger charge is 2.19. The van der Waals surface area contributed by atoms with Crippen molar-refractivity contribution in [3.63, 3.8) is 0 Å². The maximum Gasteiger partial charge on any atom is 0.438 e. The van der Waals surface area contributed by atoms with Gasteiger partial charge in [-0.1, -0.05) is 4.68 Å². The number of carbonyl (C=O) groups is 1. The third kappa shape index (κ3) is 2.25. The number of carbonyl (C=O) groups excluding carboxylic acids is 1. The molecule has 0 saturated carbocycles. The summed E-state index contributed by atoms with van der Waals surface area (Å²) in [4.78, 5) is 21.8. The molecule has 0 atom stereocenters. The van der Waals surface area contributed by atoms with E-state index in [0.29, 0.717) is 12.8 Å². The smallest absolute Gasteiger partial charge is 0.438 e. The predicted octanol–water partition coefficient (Wildman–Crippen LogP) is 0.125. The first kappa shape index (κ1) is 11.1. The van der Waals surface area contributed by atoms with E-state index in [0.717, 1.165) is 11.3 Å². The monoisotopic (exact) mass is 235 g/mol. The molecule has 0 bridgehead atoms. The summed E-state index contributed by atoms with van der Waals surface area (Å²) < 4.78 is 10.9. The van der Waals surface area contributed by atoms with Gasteiger partial charge in [0.1, 0.15) is 5.75 Å². The molecule has 88 valence electrons. The minimum atomic E-state index is -0.673. The molecular formula is C11H11N2O4+. The number of methoxy groups -OCH3 is 1. The molecule has 1 aromatic heterocycles. The molecule has 1 heterocycles. The minimum Gasteiger partial charge on any atom is -0.497 e. The fourth-order valence-electron chi connectivity index (χ4n) is 1.45. The van der Waals surface area contributed by atoms with Gasteiger partial charge in [-0.15, -0.1) is 0 Å². The molecule has 17 heavy (non-hydrogen) atoms. The number of aromatic amines is 1. The molecular weight excluding hydrogens is 224 g/mol. The Bertz CT molecular complexity index is 568. The van der Waals surface area contributed by atoms with Crippen LogP contribution in [0.3, 0.4) is 0 Å². The number of ether oxygens (including phenoxy) is 1. The number of hydrogen-bond acceptors (Lipinski definition) is 4. The summed E-state index contributed by atoms with van der Waals surface area (Å²) >= 11 is 0. The van der Waals surface area contributed by atoms with Gasteiger partial charge in [-0.3, -0.25) is 9.32 Å². The number of benzene rings is 1. The molecule has 0 aliphatic heterocycles. The molecule has 6 nitrogen and oxygen atoms in total. The molecule has 0 aliphatic rings. The van der Waals surface area contributed by atoms with E-state index in [2.05, 4.69) is 9.79 Å². The second-order valence-electron chi connectivity index (χ2n) is 3.42. The number of nitrogens with zero attached hydrogens (tertiary/aromatic N) is 1. The van der Waals surface area contributed by atoms with Crippen molar-refractivity contribution in [2.75, 3.05) is 7.11 Å². The van der Waals surface area contributed by atoms with E-state index >= 15 is 0 Å². The van der Waals surface area contributed by atoms with Crippen molar-refractivity contribution in [3.05, 3.63) is 45.9 Å². The quantitative estimate of drug-likeness (QED) is 0.603. The molecule has 2 aromatic rings. The van der Waals surface area contributed by atoms with Crippen LogP contribution in [-0.2, 0) is 6.54 Å². The first-order chi connectivity index (χ1) is 8.24. The van der Waals surface area contributed by atoms with Gasteiger partial charge in [0.2, 0.25) is 12.8 Å². The number of aromatic nitrogens is 2. The van der Waals surface area contributed by atoms with E-state index in [4.69, 9.17) is 4.74 Å².